The van der Waals surface area contributed by atoms with Crippen LogP contribution < -0.4 is 10.4 Å². The van der Waals surface area contributed by atoms with Gasteiger partial charge in [-0.05, 0) is 74.9 Å². The van der Waals surface area contributed by atoms with Crippen molar-refractivity contribution in [1.29, 1.82) is 0 Å². The van der Waals surface area contributed by atoms with Crippen LogP contribution in [0, 0.1) is 35.4 Å². The Morgan fingerprint density at radius 2 is 2.03 bits per heavy atom. The van der Waals surface area contributed by atoms with Crippen LogP contribution >= 0.6 is 0 Å². The normalized spacial score (nSPS) is 16.7. The summed E-state index contributed by atoms with van der Waals surface area (Å²) in [5.41, 5.74) is 3.50. The van der Waals surface area contributed by atoms with Gasteiger partial charge in [0.05, 0.1) is 16.2 Å². The van der Waals surface area contributed by atoms with Crippen LogP contribution in [0.2, 0.25) is 0 Å². The van der Waals surface area contributed by atoms with Crippen molar-refractivity contribution in [3.8, 4) is 11.8 Å². The fourth-order valence-electron chi connectivity index (χ4n) is 4.24. The summed E-state index contributed by atoms with van der Waals surface area (Å²) in [6.45, 7) is 5.24. The molecule has 3 nitrogen and oxygen atoms in total. The van der Waals surface area contributed by atoms with Gasteiger partial charge in [-0.25, -0.2) is 0 Å². The van der Waals surface area contributed by atoms with Crippen molar-refractivity contribution in [2.24, 2.45) is 5.92 Å². The molecule has 6 heteroatoms. The molecule has 1 saturated carbocycles. The third kappa shape index (κ3) is 4.34. The summed E-state index contributed by atoms with van der Waals surface area (Å²) in [4.78, 5) is 4.57. The van der Waals surface area contributed by atoms with Crippen molar-refractivity contribution in [3.05, 3.63) is 68.1 Å². The molecule has 4 rings (SSSR count). The standard InChI is InChI=1S/C27H25F3N3/c1-4-20-14-25-22(13-17(20)2)23(15-31)26(33(25)21-9-6-10-21)24-12-11-19(16-32-24)8-5-7-18(3)27(28,29)30/h8,11-14,16,18,21H,4,6,9-10H2,1-3H3/q-1. The molecule has 0 spiro atoms. The summed E-state index contributed by atoms with van der Waals surface area (Å²) in [7, 11) is 0. The summed E-state index contributed by atoms with van der Waals surface area (Å²) in [6.07, 6.45) is 2.91. The van der Waals surface area contributed by atoms with Gasteiger partial charge in [0.15, 0.2) is 0 Å². The van der Waals surface area contributed by atoms with E-state index in [0.717, 1.165) is 48.9 Å². The molecule has 0 aliphatic heterocycles. The number of aromatic nitrogens is 2. The first kappa shape index (κ1) is 22.9. The van der Waals surface area contributed by atoms with Gasteiger partial charge in [0.1, 0.15) is 5.92 Å². The first-order chi connectivity index (χ1) is 15.7. The molecule has 0 radical (unpaired) electrons. The lowest BCUT2D eigenvalue weighted by molar-refractivity contribution is -0.153. The topological polar surface area (TPSA) is 40.1 Å². The van der Waals surface area contributed by atoms with E-state index in [1.807, 2.05) is 6.07 Å². The zero-order chi connectivity index (χ0) is 23.8. The summed E-state index contributed by atoms with van der Waals surface area (Å²) in [5, 5.41) is 13.7. The minimum absolute atomic E-state index is 0.333. The first-order valence-corrected chi connectivity index (χ1v) is 11.2. The molecule has 2 aromatic heterocycles. The second-order valence-corrected chi connectivity index (χ2v) is 8.61. The van der Waals surface area contributed by atoms with Crippen LogP contribution in [-0.2, 0) is 6.42 Å². The fraction of sp³-hybridized carbons (Fsp3) is 0.370. The lowest BCUT2D eigenvalue weighted by Gasteiger charge is -2.28. The van der Waals surface area contributed by atoms with Crippen LogP contribution in [0.5, 0.6) is 0 Å². The van der Waals surface area contributed by atoms with E-state index in [2.05, 4.69) is 53.2 Å². The number of nitrogens with zero attached hydrogens (tertiary/aromatic N) is 3. The van der Waals surface area contributed by atoms with Crippen molar-refractivity contribution in [2.45, 2.75) is 58.7 Å². The maximum atomic E-state index is 12.6. The summed E-state index contributed by atoms with van der Waals surface area (Å²) < 4.78 is 40.2. The van der Waals surface area contributed by atoms with E-state index in [0.29, 0.717) is 21.8 Å². The molecule has 1 unspecified atom stereocenters. The van der Waals surface area contributed by atoms with Gasteiger partial charge in [0.25, 0.3) is 0 Å². The van der Waals surface area contributed by atoms with Crippen molar-refractivity contribution in [2.75, 3.05) is 0 Å². The van der Waals surface area contributed by atoms with Crippen molar-refractivity contribution in [3.63, 3.8) is 0 Å². The third-order valence-electron chi connectivity index (χ3n) is 6.45. The molecule has 1 fully saturated rings. The third-order valence-corrected chi connectivity index (χ3v) is 6.45. The highest BCUT2D eigenvalue weighted by molar-refractivity contribution is 5.87. The van der Waals surface area contributed by atoms with Gasteiger partial charge < -0.3 is 9.98 Å². The van der Waals surface area contributed by atoms with Crippen LogP contribution in [-0.4, -0.2) is 21.6 Å². The highest BCUT2D eigenvalue weighted by atomic mass is 19.4. The number of halogens is 3. The second kappa shape index (κ2) is 8.92. The minimum atomic E-state index is -4.33. The molecule has 0 saturated heterocycles. The molecule has 170 valence electrons. The smallest absolute Gasteiger partial charge is 0.402 e. The molecule has 1 aliphatic rings. The number of benzene rings is 1. The van der Waals surface area contributed by atoms with E-state index in [9.17, 15) is 18.6 Å². The van der Waals surface area contributed by atoms with Gasteiger partial charge in [-0.1, -0.05) is 24.8 Å². The lowest BCUT2D eigenvalue weighted by Crippen LogP contribution is -2.19. The van der Waals surface area contributed by atoms with Crippen molar-refractivity contribution in [1.82, 2.24) is 9.55 Å². The summed E-state index contributed by atoms with van der Waals surface area (Å²) in [6, 6.07) is 8.23. The van der Waals surface area contributed by atoms with E-state index in [4.69, 9.17) is 0 Å². The molecule has 1 aliphatic carbocycles. The highest BCUT2D eigenvalue weighted by Crippen LogP contribution is 2.35. The quantitative estimate of drug-likeness (QED) is 0.410. The average molecular weight is 449 g/mol. The molecule has 0 bridgehead atoms. The number of rotatable bonds is 2. The maximum absolute atomic E-state index is 12.6. The predicted molar refractivity (Wildman–Crippen MR) is 125 cm³/mol. The molecule has 2 heterocycles. The van der Waals surface area contributed by atoms with Gasteiger partial charge in [-0.15, -0.1) is 0 Å². The SMILES string of the molecule is CCc1cc2c(cc1C)c(=C=[N-])c(=c1ccc(=CC#CC(C)C(F)(F)F)cn1)n2C1CCC1. The maximum Gasteiger partial charge on any atom is 0.402 e. The average Bonchev–Trinajstić information content (AvgIpc) is 3.04. The van der Waals surface area contributed by atoms with Gasteiger partial charge in [0, 0.05) is 28.1 Å². The summed E-state index contributed by atoms with van der Waals surface area (Å²) in [5.74, 6) is 5.41. The van der Waals surface area contributed by atoms with E-state index < -0.39 is 12.1 Å². The molecule has 1 atom stereocenters. The Labute approximate surface area is 190 Å². The Balaban J connectivity index is 1.96. The van der Waals surface area contributed by atoms with E-state index >= 15 is 0 Å². The van der Waals surface area contributed by atoms with Crippen LogP contribution in [0.15, 0.2) is 30.5 Å². The van der Waals surface area contributed by atoms with Crippen LogP contribution in [0.25, 0.3) is 22.4 Å². The first-order valence-electron chi connectivity index (χ1n) is 11.2. The number of alkyl halides is 3. The van der Waals surface area contributed by atoms with Gasteiger partial charge in [-0.3, -0.25) is 10.9 Å². The number of aryl methyl sites for hydroxylation is 2. The fourth-order valence-corrected chi connectivity index (χ4v) is 4.24. The monoisotopic (exact) mass is 448 g/mol. The van der Waals surface area contributed by atoms with E-state index in [1.165, 1.54) is 17.2 Å². The Morgan fingerprint density at radius 3 is 2.58 bits per heavy atom. The highest BCUT2D eigenvalue weighted by Gasteiger charge is 2.34. The zero-order valence-electron chi connectivity index (χ0n) is 18.9. The van der Waals surface area contributed by atoms with Crippen LogP contribution in [0.3, 0.4) is 0 Å². The van der Waals surface area contributed by atoms with Crippen molar-refractivity contribution < 1.29 is 13.2 Å². The minimum Gasteiger partial charge on any atom is -0.763 e. The predicted octanol–water partition coefficient (Wildman–Crippen LogP) is 4.81. The number of hydrogen-bond donors (Lipinski definition) is 0. The molecule has 1 aromatic carbocycles. The van der Waals surface area contributed by atoms with Crippen LogP contribution in [0.1, 0.15) is 50.3 Å². The lowest BCUT2D eigenvalue weighted by atomic mass is 9.92. The summed E-state index contributed by atoms with van der Waals surface area (Å²) >= 11 is 0. The van der Waals surface area contributed by atoms with Gasteiger partial charge in [0.2, 0.25) is 0 Å². The molecule has 33 heavy (non-hydrogen) atoms. The largest absolute Gasteiger partial charge is 0.763 e. The molecule has 0 amide bonds. The van der Waals surface area contributed by atoms with E-state index in [1.54, 1.807) is 12.3 Å². The Bertz CT molecular complexity index is 1490. The number of fused-ring (bicyclic) bond motifs is 1. The molecule has 3 aromatic rings. The van der Waals surface area contributed by atoms with Gasteiger partial charge >= 0.3 is 6.18 Å². The second-order valence-electron chi connectivity index (χ2n) is 8.61. The van der Waals surface area contributed by atoms with Crippen molar-refractivity contribution >= 4 is 22.8 Å². The van der Waals surface area contributed by atoms with Gasteiger partial charge in [-0.2, -0.15) is 13.2 Å². The van der Waals surface area contributed by atoms with E-state index in [-0.39, 0.29) is 0 Å². The Hall–Kier alpha value is -3.29. The molecule has 0 N–H and O–H groups in total. The Kier molecular flexibility index (Phi) is 6.19. The number of hydrogen-bond acceptors (Lipinski definition) is 1. The van der Waals surface area contributed by atoms with Crippen LogP contribution in [0.4, 0.5) is 13.2 Å². The Morgan fingerprint density at radius 1 is 1.27 bits per heavy atom. The zero-order valence-corrected chi connectivity index (χ0v) is 18.9. The molecular formula is C27H25F3N3-. The molecular weight excluding hydrogens is 423 g/mol. The number of pyridine rings is 1.